The number of amides is 1. The van der Waals surface area contributed by atoms with Gasteiger partial charge < -0.3 is 25.8 Å². The first-order chi connectivity index (χ1) is 5.50. The average Bonchev–Trinajstić information content (AvgIpc) is 2.02. The summed E-state index contributed by atoms with van der Waals surface area (Å²) in [6.45, 7) is 0. The van der Waals surface area contributed by atoms with Crippen LogP contribution in [0.1, 0.15) is 6.42 Å². The molecule has 0 heterocycles. The molecule has 6 nitrogen and oxygen atoms in total. The van der Waals surface area contributed by atoms with Gasteiger partial charge in [0.2, 0.25) is 5.91 Å². The van der Waals surface area contributed by atoms with Crippen molar-refractivity contribution in [2.45, 2.75) is 24.7 Å². The van der Waals surface area contributed by atoms with E-state index < -0.39 is 24.2 Å². The molecule has 0 bridgehead atoms. The number of primary amides is 1. The Morgan fingerprint density at radius 2 is 1.92 bits per heavy atom. The van der Waals surface area contributed by atoms with Gasteiger partial charge >= 0.3 is 0 Å². The van der Waals surface area contributed by atoms with Crippen LogP contribution in [0.2, 0.25) is 0 Å². The summed E-state index contributed by atoms with van der Waals surface area (Å²) in [6.07, 6.45) is -5.02. The molecule has 0 aliphatic carbocycles. The fourth-order valence-electron chi connectivity index (χ4n) is 0.617. The highest BCUT2D eigenvalue weighted by Gasteiger charge is 2.28. The van der Waals surface area contributed by atoms with Crippen LogP contribution in [0, 0.1) is 0 Å². The monoisotopic (exact) mass is 177 g/mol. The second kappa shape index (κ2) is 4.81. The van der Waals surface area contributed by atoms with Gasteiger partial charge in [-0.3, -0.25) is 4.79 Å². The molecule has 0 spiro atoms. The number of aliphatic hydroxyl groups excluding tert-OH is 3. The molecule has 0 fully saturated rings. The molecular weight excluding hydrogens is 166 g/mol. The predicted octanol–water partition coefficient (Wildman–Crippen LogP) is -2.86. The number of aliphatic hydroxyl groups is 3. The molecule has 0 aromatic rings. The topological polar surface area (TPSA) is 121 Å². The molecule has 0 aliphatic heterocycles. The fraction of sp³-hybridized carbons (Fsp3) is 0.667. The number of hydrogen-bond acceptors (Lipinski definition) is 5. The Morgan fingerprint density at radius 1 is 1.42 bits per heavy atom. The van der Waals surface area contributed by atoms with Gasteiger partial charge in [0.05, 0.1) is 6.10 Å². The highest BCUT2D eigenvalue weighted by atomic mass is 16.4. The molecular formula is C6H11NO5. The van der Waals surface area contributed by atoms with E-state index in [1.807, 2.05) is 0 Å². The van der Waals surface area contributed by atoms with Crippen molar-refractivity contribution in [2.24, 2.45) is 5.73 Å². The van der Waals surface area contributed by atoms with Crippen LogP contribution in [-0.2, 0) is 9.59 Å². The SMILES string of the molecule is NC(=O)[C@@H](O)[C@H](O)[C@H](O)CC=O. The molecule has 0 radical (unpaired) electrons. The minimum absolute atomic E-state index is 0.356. The molecule has 6 heteroatoms. The van der Waals surface area contributed by atoms with Gasteiger partial charge in [-0.1, -0.05) is 0 Å². The van der Waals surface area contributed by atoms with Gasteiger partial charge in [-0.2, -0.15) is 0 Å². The van der Waals surface area contributed by atoms with Gasteiger partial charge in [-0.05, 0) is 0 Å². The van der Waals surface area contributed by atoms with Gasteiger partial charge in [0.1, 0.15) is 12.4 Å². The van der Waals surface area contributed by atoms with E-state index in [0.29, 0.717) is 6.29 Å². The summed E-state index contributed by atoms with van der Waals surface area (Å²) < 4.78 is 0. The van der Waals surface area contributed by atoms with Crippen molar-refractivity contribution in [2.75, 3.05) is 0 Å². The van der Waals surface area contributed by atoms with Crippen LogP contribution in [0.4, 0.5) is 0 Å². The van der Waals surface area contributed by atoms with E-state index in [1.54, 1.807) is 0 Å². The number of hydrogen-bond donors (Lipinski definition) is 4. The molecule has 12 heavy (non-hydrogen) atoms. The lowest BCUT2D eigenvalue weighted by molar-refractivity contribution is -0.138. The molecule has 0 saturated carbocycles. The number of carbonyl (C=O) groups is 2. The molecule has 0 unspecified atom stereocenters. The number of rotatable bonds is 5. The van der Waals surface area contributed by atoms with E-state index in [4.69, 9.17) is 15.3 Å². The first-order valence-corrected chi connectivity index (χ1v) is 3.27. The zero-order valence-corrected chi connectivity index (χ0v) is 6.25. The average molecular weight is 177 g/mol. The summed E-state index contributed by atoms with van der Waals surface area (Å²) in [5.41, 5.74) is 4.62. The van der Waals surface area contributed by atoms with Gasteiger partial charge in [0, 0.05) is 6.42 Å². The quantitative estimate of drug-likeness (QED) is 0.337. The second-order valence-corrected chi connectivity index (χ2v) is 2.31. The minimum Gasteiger partial charge on any atom is -0.390 e. The summed E-state index contributed by atoms with van der Waals surface area (Å²) in [5, 5.41) is 26.6. The fourth-order valence-corrected chi connectivity index (χ4v) is 0.617. The zero-order valence-electron chi connectivity index (χ0n) is 6.25. The van der Waals surface area contributed by atoms with E-state index in [2.05, 4.69) is 5.73 Å². The van der Waals surface area contributed by atoms with E-state index >= 15 is 0 Å². The van der Waals surface area contributed by atoms with Gasteiger partial charge in [0.15, 0.2) is 6.10 Å². The van der Waals surface area contributed by atoms with Crippen molar-refractivity contribution < 1.29 is 24.9 Å². The smallest absolute Gasteiger partial charge is 0.249 e. The van der Waals surface area contributed by atoms with Gasteiger partial charge in [-0.25, -0.2) is 0 Å². The lowest BCUT2D eigenvalue weighted by Gasteiger charge is -2.18. The maximum Gasteiger partial charge on any atom is 0.249 e. The summed E-state index contributed by atoms with van der Waals surface area (Å²) >= 11 is 0. The van der Waals surface area contributed by atoms with Crippen molar-refractivity contribution in [1.82, 2.24) is 0 Å². The molecule has 0 saturated heterocycles. The Balaban J connectivity index is 4.07. The van der Waals surface area contributed by atoms with E-state index in [0.717, 1.165) is 0 Å². The summed E-state index contributed by atoms with van der Waals surface area (Å²) in [4.78, 5) is 20.1. The van der Waals surface area contributed by atoms with Crippen molar-refractivity contribution in [3.05, 3.63) is 0 Å². The van der Waals surface area contributed by atoms with Crippen LogP contribution in [0.3, 0.4) is 0 Å². The van der Waals surface area contributed by atoms with Crippen molar-refractivity contribution in [3.63, 3.8) is 0 Å². The molecule has 0 aromatic carbocycles. The number of carbonyl (C=O) groups excluding carboxylic acids is 2. The molecule has 70 valence electrons. The number of nitrogens with two attached hydrogens (primary N) is 1. The van der Waals surface area contributed by atoms with Gasteiger partial charge in [0.25, 0.3) is 0 Å². The van der Waals surface area contributed by atoms with Crippen molar-refractivity contribution in [1.29, 1.82) is 0 Å². The molecule has 1 amide bonds. The molecule has 0 aliphatic rings. The van der Waals surface area contributed by atoms with Crippen LogP contribution in [0.25, 0.3) is 0 Å². The molecule has 5 N–H and O–H groups in total. The lowest BCUT2D eigenvalue weighted by Crippen LogP contribution is -2.45. The Kier molecular flexibility index (Phi) is 4.42. The van der Waals surface area contributed by atoms with E-state index in [9.17, 15) is 9.59 Å². The van der Waals surface area contributed by atoms with Crippen molar-refractivity contribution in [3.8, 4) is 0 Å². The highest BCUT2D eigenvalue weighted by molar-refractivity contribution is 5.79. The minimum atomic E-state index is -1.85. The third kappa shape index (κ3) is 2.95. The second-order valence-electron chi connectivity index (χ2n) is 2.31. The summed E-state index contributed by atoms with van der Waals surface area (Å²) in [6, 6.07) is 0. The molecule has 0 aromatic heterocycles. The van der Waals surface area contributed by atoms with Crippen LogP contribution >= 0.6 is 0 Å². The Morgan fingerprint density at radius 3 is 2.25 bits per heavy atom. The van der Waals surface area contributed by atoms with Crippen LogP contribution in [-0.4, -0.2) is 45.8 Å². The first-order valence-electron chi connectivity index (χ1n) is 3.27. The van der Waals surface area contributed by atoms with Crippen LogP contribution in [0.5, 0.6) is 0 Å². The standard InChI is InChI=1S/C6H11NO5/c7-6(12)5(11)4(10)3(9)1-2-8/h2-5,9-11H,1H2,(H2,7,12)/t3-,4-,5+/m1/s1. The van der Waals surface area contributed by atoms with E-state index in [-0.39, 0.29) is 6.42 Å². The predicted molar refractivity (Wildman–Crippen MR) is 37.9 cm³/mol. The number of aldehydes is 1. The summed E-state index contributed by atoms with van der Waals surface area (Å²) in [5.74, 6) is -1.15. The van der Waals surface area contributed by atoms with Crippen LogP contribution < -0.4 is 5.73 Å². The van der Waals surface area contributed by atoms with Gasteiger partial charge in [-0.15, -0.1) is 0 Å². The highest BCUT2D eigenvalue weighted by Crippen LogP contribution is 2.02. The maximum atomic E-state index is 10.3. The largest absolute Gasteiger partial charge is 0.390 e. The Hall–Kier alpha value is -0.980. The van der Waals surface area contributed by atoms with E-state index in [1.165, 1.54) is 0 Å². The van der Waals surface area contributed by atoms with Crippen LogP contribution in [0.15, 0.2) is 0 Å². The Labute approximate surface area is 68.6 Å². The first kappa shape index (κ1) is 11.0. The molecule has 3 atom stereocenters. The summed E-state index contributed by atoms with van der Waals surface area (Å²) in [7, 11) is 0. The normalized spacial score (nSPS) is 17.9. The lowest BCUT2D eigenvalue weighted by atomic mass is 10.1. The Bertz CT molecular complexity index is 171. The molecule has 0 rings (SSSR count). The third-order valence-corrected chi connectivity index (χ3v) is 1.35. The zero-order chi connectivity index (χ0) is 9.72. The third-order valence-electron chi connectivity index (χ3n) is 1.35. The van der Waals surface area contributed by atoms with Crippen molar-refractivity contribution >= 4 is 12.2 Å². The maximum absolute atomic E-state index is 10.3.